The van der Waals surface area contributed by atoms with Crippen molar-refractivity contribution < 1.29 is 19.1 Å². The molecule has 0 bridgehead atoms. The number of benzene rings is 1. The van der Waals surface area contributed by atoms with Crippen LogP contribution in [-0.2, 0) is 11.3 Å². The zero-order chi connectivity index (χ0) is 25.5. The smallest absolute Gasteiger partial charge is 0.410 e. The number of pyridine rings is 1. The molecular formula is C27H35N5O4. The van der Waals surface area contributed by atoms with Crippen molar-refractivity contribution in [1.82, 2.24) is 24.5 Å². The molecule has 1 aliphatic heterocycles. The predicted octanol–water partition coefficient (Wildman–Crippen LogP) is 3.59. The number of nitrogens with one attached hydrogen (secondary N) is 1. The number of imidazole rings is 1. The Balaban J connectivity index is 1.16. The zero-order valence-electron chi connectivity index (χ0n) is 21.3. The maximum atomic E-state index is 12.6. The van der Waals surface area contributed by atoms with Gasteiger partial charge in [0.2, 0.25) is 0 Å². The van der Waals surface area contributed by atoms with Crippen LogP contribution in [0.3, 0.4) is 0 Å². The van der Waals surface area contributed by atoms with Crippen LogP contribution in [0.4, 0.5) is 4.79 Å². The van der Waals surface area contributed by atoms with E-state index in [0.29, 0.717) is 37.6 Å². The van der Waals surface area contributed by atoms with Crippen LogP contribution in [0.1, 0.15) is 43.2 Å². The lowest BCUT2D eigenvalue weighted by Crippen LogP contribution is -2.50. The number of piperazine rings is 1. The number of carbonyl (C=O) groups is 2. The van der Waals surface area contributed by atoms with Crippen molar-refractivity contribution in [3.05, 3.63) is 66.1 Å². The molecule has 36 heavy (non-hydrogen) atoms. The van der Waals surface area contributed by atoms with Gasteiger partial charge in [-0.2, -0.15) is 0 Å². The quantitative estimate of drug-likeness (QED) is 0.483. The monoisotopic (exact) mass is 493 g/mol. The standard InChI is InChI=1S/C27H35N5O4/c1-27(2,3)36-26(34)31-16-14-30(15-17-31)12-7-11-28-25(33)21-8-6-9-23(18-21)35-20-22-19-32-13-5-4-10-24(32)29-22/h4-6,8-10,13,18-19H,7,11-12,14-17,20H2,1-3H3,(H,28,33). The largest absolute Gasteiger partial charge is 0.487 e. The molecule has 9 heteroatoms. The molecule has 2 aromatic heterocycles. The second-order valence-corrected chi connectivity index (χ2v) is 9.93. The fourth-order valence-corrected chi connectivity index (χ4v) is 4.03. The maximum Gasteiger partial charge on any atom is 0.410 e. The fraction of sp³-hybridized carbons (Fsp3) is 0.444. The summed E-state index contributed by atoms with van der Waals surface area (Å²) in [6.45, 7) is 10.3. The summed E-state index contributed by atoms with van der Waals surface area (Å²) in [6, 6.07) is 13.0. The summed E-state index contributed by atoms with van der Waals surface area (Å²) in [5.74, 6) is 0.505. The number of ether oxygens (including phenoxy) is 2. The minimum atomic E-state index is -0.479. The summed E-state index contributed by atoms with van der Waals surface area (Å²) in [7, 11) is 0. The lowest BCUT2D eigenvalue weighted by Gasteiger charge is -2.35. The van der Waals surface area contributed by atoms with Crippen LogP contribution in [-0.4, -0.2) is 76.1 Å². The molecule has 192 valence electrons. The topological polar surface area (TPSA) is 88.4 Å². The molecule has 0 radical (unpaired) electrons. The third-order valence-electron chi connectivity index (χ3n) is 5.86. The van der Waals surface area contributed by atoms with Crippen LogP contribution < -0.4 is 10.1 Å². The average molecular weight is 494 g/mol. The summed E-state index contributed by atoms with van der Waals surface area (Å²) in [5.41, 5.74) is 1.78. The van der Waals surface area contributed by atoms with Crippen LogP contribution in [0.15, 0.2) is 54.9 Å². The number of rotatable bonds is 8. The summed E-state index contributed by atoms with van der Waals surface area (Å²) in [6.07, 6.45) is 4.46. The molecule has 1 N–H and O–H groups in total. The molecular weight excluding hydrogens is 458 g/mol. The third kappa shape index (κ3) is 7.21. The average Bonchev–Trinajstić information content (AvgIpc) is 3.28. The Bertz CT molecular complexity index is 1150. The number of hydrogen-bond donors (Lipinski definition) is 1. The van der Waals surface area contributed by atoms with Gasteiger partial charge in [0.25, 0.3) is 5.91 Å². The van der Waals surface area contributed by atoms with Gasteiger partial charge in [-0.15, -0.1) is 0 Å². The van der Waals surface area contributed by atoms with E-state index in [-0.39, 0.29) is 12.0 Å². The Morgan fingerprint density at radius 2 is 1.86 bits per heavy atom. The van der Waals surface area contributed by atoms with Crippen molar-refractivity contribution in [1.29, 1.82) is 0 Å². The van der Waals surface area contributed by atoms with Gasteiger partial charge in [-0.1, -0.05) is 12.1 Å². The minimum Gasteiger partial charge on any atom is -0.487 e. The first-order valence-corrected chi connectivity index (χ1v) is 12.4. The van der Waals surface area contributed by atoms with Gasteiger partial charge < -0.3 is 24.1 Å². The number of hydrogen-bond acceptors (Lipinski definition) is 6. The van der Waals surface area contributed by atoms with Crippen molar-refractivity contribution in [2.45, 2.75) is 39.4 Å². The summed E-state index contributed by atoms with van der Waals surface area (Å²) < 4.78 is 13.3. The van der Waals surface area contributed by atoms with Crippen molar-refractivity contribution in [2.75, 3.05) is 39.3 Å². The number of nitrogens with zero attached hydrogens (tertiary/aromatic N) is 4. The molecule has 0 unspecified atom stereocenters. The Morgan fingerprint density at radius 3 is 2.61 bits per heavy atom. The predicted molar refractivity (Wildman–Crippen MR) is 137 cm³/mol. The molecule has 1 fully saturated rings. The lowest BCUT2D eigenvalue weighted by atomic mass is 10.2. The molecule has 1 aliphatic rings. The van der Waals surface area contributed by atoms with Crippen LogP contribution >= 0.6 is 0 Å². The first-order valence-electron chi connectivity index (χ1n) is 12.4. The van der Waals surface area contributed by atoms with E-state index in [1.807, 2.05) is 67.9 Å². The second kappa shape index (κ2) is 11.4. The van der Waals surface area contributed by atoms with Crippen molar-refractivity contribution in [3.63, 3.8) is 0 Å². The molecule has 0 atom stereocenters. The molecule has 3 heterocycles. The second-order valence-electron chi connectivity index (χ2n) is 9.93. The zero-order valence-corrected chi connectivity index (χ0v) is 21.3. The van der Waals surface area contributed by atoms with Gasteiger partial charge in [0.1, 0.15) is 23.6 Å². The van der Waals surface area contributed by atoms with E-state index in [0.717, 1.165) is 37.4 Å². The fourth-order valence-electron chi connectivity index (χ4n) is 4.03. The molecule has 1 saturated heterocycles. The molecule has 4 rings (SSSR count). The molecule has 0 saturated carbocycles. The first kappa shape index (κ1) is 25.5. The van der Waals surface area contributed by atoms with E-state index in [1.54, 1.807) is 17.0 Å². The SMILES string of the molecule is CC(C)(C)OC(=O)N1CCN(CCCNC(=O)c2cccc(OCc3cn4ccccc4n3)c2)CC1. The van der Waals surface area contributed by atoms with E-state index in [2.05, 4.69) is 15.2 Å². The summed E-state index contributed by atoms with van der Waals surface area (Å²) >= 11 is 0. The van der Waals surface area contributed by atoms with Crippen molar-refractivity contribution in [2.24, 2.45) is 0 Å². The van der Waals surface area contributed by atoms with E-state index >= 15 is 0 Å². The Hall–Kier alpha value is -3.59. The molecule has 0 spiro atoms. The minimum absolute atomic E-state index is 0.122. The number of carbonyl (C=O) groups excluding carboxylic acids is 2. The highest BCUT2D eigenvalue weighted by Gasteiger charge is 2.25. The van der Waals surface area contributed by atoms with Gasteiger partial charge in [0, 0.05) is 50.7 Å². The first-order chi connectivity index (χ1) is 17.3. The van der Waals surface area contributed by atoms with E-state index in [1.165, 1.54) is 0 Å². The van der Waals surface area contributed by atoms with Crippen LogP contribution in [0.5, 0.6) is 5.75 Å². The van der Waals surface area contributed by atoms with Gasteiger partial charge >= 0.3 is 6.09 Å². The highest BCUT2D eigenvalue weighted by atomic mass is 16.6. The maximum absolute atomic E-state index is 12.6. The Morgan fingerprint density at radius 1 is 1.06 bits per heavy atom. The van der Waals surface area contributed by atoms with Crippen molar-refractivity contribution in [3.8, 4) is 5.75 Å². The Labute approximate surface area is 212 Å². The number of aromatic nitrogens is 2. The molecule has 3 aromatic rings. The molecule has 9 nitrogen and oxygen atoms in total. The molecule has 0 aliphatic carbocycles. The van der Waals surface area contributed by atoms with Crippen LogP contribution in [0.25, 0.3) is 5.65 Å². The highest BCUT2D eigenvalue weighted by Crippen LogP contribution is 2.16. The molecule has 1 aromatic carbocycles. The van der Waals surface area contributed by atoms with Crippen LogP contribution in [0.2, 0.25) is 0 Å². The summed E-state index contributed by atoms with van der Waals surface area (Å²) in [4.78, 5) is 33.4. The van der Waals surface area contributed by atoms with Gasteiger partial charge in [-0.25, -0.2) is 9.78 Å². The molecule has 2 amide bonds. The summed E-state index contributed by atoms with van der Waals surface area (Å²) in [5, 5.41) is 2.99. The van der Waals surface area contributed by atoms with Crippen LogP contribution in [0, 0.1) is 0 Å². The normalized spacial score (nSPS) is 14.6. The van der Waals surface area contributed by atoms with E-state index in [4.69, 9.17) is 9.47 Å². The Kier molecular flexibility index (Phi) is 8.10. The van der Waals surface area contributed by atoms with Gasteiger partial charge in [0.05, 0.1) is 5.69 Å². The van der Waals surface area contributed by atoms with Gasteiger partial charge in [-0.3, -0.25) is 9.69 Å². The van der Waals surface area contributed by atoms with Crippen molar-refractivity contribution >= 4 is 17.6 Å². The van der Waals surface area contributed by atoms with E-state index < -0.39 is 5.60 Å². The van der Waals surface area contributed by atoms with E-state index in [9.17, 15) is 9.59 Å². The number of amides is 2. The lowest BCUT2D eigenvalue weighted by molar-refractivity contribution is 0.0144. The number of fused-ring (bicyclic) bond motifs is 1. The third-order valence-corrected chi connectivity index (χ3v) is 5.86. The highest BCUT2D eigenvalue weighted by molar-refractivity contribution is 5.94. The van der Waals surface area contributed by atoms with Gasteiger partial charge in [0.15, 0.2) is 0 Å². The van der Waals surface area contributed by atoms with Gasteiger partial charge in [-0.05, 0) is 64.1 Å².